The summed E-state index contributed by atoms with van der Waals surface area (Å²) in [6.45, 7) is 4.39. The zero-order chi connectivity index (χ0) is 12.8. The third kappa shape index (κ3) is 4.35. The van der Waals surface area contributed by atoms with Crippen molar-refractivity contribution in [3.05, 3.63) is 26.7 Å². The fourth-order valence-electron chi connectivity index (χ4n) is 1.84. The predicted molar refractivity (Wildman–Crippen MR) is 81.4 cm³/mol. The van der Waals surface area contributed by atoms with Crippen LogP contribution in [0.2, 0.25) is 10.0 Å². The van der Waals surface area contributed by atoms with E-state index in [0.717, 1.165) is 23.0 Å². The van der Waals surface area contributed by atoms with Gasteiger partial charge in [0.1, 0.15) is 0 Å². The molecule has 17 heavy (non-hydrogen) atoms. The van der Waals surface area contributed by atoms with E-state index in [1.807, 2.05) is 12.1 Å². The van der Waals surface area contributed by atoms with Crippen molar-refractivity contribution in [2.24, 2.45) is 0 Å². The first-order chi connectivity index (χ1) is 8.10. The first-order valence-electron chi connectivity index (χ1n) is 6.00. The van der Waals surface area contributed by atoms with Crippen LogP contribution in [-0.2, 0) is 0 Å². The molecule has 1 nitrogen and oxygen atoms in total. The van der Waals surface area contributed by atoms with Crippen molar-refractivity contribution in [1.82, 2.24) is 0 Å². The average molecular weight is 339 g/mol. The second-order valence-electron chi connectivity index (χ2n) is 4.14. The van der Waals surface area contributed by atoms with Crippen LogP contribution in [0.1, 0.15) is 39.5 Å². The quantitative estimate of drug-likeness (QED) is 0.614. The molecule has 96 valence electrons. The number of anilines is 1. The lowest BCUT2D eigenvalue weighted by Gasteiger charge is -2.20. The summed E-state index contributed by atoms with van der Waals surface area (Å²) in [5.41, 5.74) is 0.923. The Morgan fingerprint density at radius 2 is 1.71 bits per heavy atom. The summed E-state index contributed by atoms with van der Waals surface area (Å²) in [6, 6.07) is 4.36. The molecule has 0 bridgehead atoms. The Morgan fingerprint density at radius 1 is 1.12 bits per heavy atom. The minimum absolute atomic E-state index is 0.472. The van der Waals surface area contributed by atoms with E-state index in [0.29, 0.717) is 16.1 Å². The highest BCUT2D eigenvalue weighted by Gasteiger charge is 2.12. The van der Waals surface area contributed by atoms with Gasteiger partial charge in [0.25, 0.3) is 0 Å². The van der Waals surface area contributed by atoms with Crippen molar-refractivity contribution in [3.8, 4) is 0 Å². The molecule has 0 saturated heterocycles. The van der Waals surface area contributed by atoms with Crippen molar-refractivity contribution in [2.45, 2.75) is 45.6 Å². The summed E-state index contributed by atoms with van der Waals surface area (Å²) in [5.74, 6) is 0. The Balaban J connectivity index is 2.82. The second-order valence-corrected chi connectivity index (χ2v) is 5.75. The molecule has 0 atom stereocenters. The number of hydrogen-bond acceptors (Lipinski definition) is 1. The zero-order valence-electron chi connectivity index (χ0n) is 10.2. The average Bonchev–Trinajstić information content (AvgIpc) is 2.30. The van der Waals surface area contributed by atoms with E-state index >= 15 is 0 Å². The topological polar surface area (TPSA) is 12.0 Å². The van der Waals surface area contributed by atoms with Crippen LogP contribution in [0.5, 0.6) is 0 Å². The third-order valence-electron chi connectivity index (χ3n) is 2.67. The Morgan fingerprint density at radius 3 is 2.24 bits per heavy atom. The van der Waals surface area contributed by atoms with Crippen LogP contribution in [0.4, 0.5) is 5.69 Å². The van der Waals surface area contributed by atoms with Gasteiger partial charge >= 0.3 is 0 Å². The molecule has 1 aromatic rings. The molecule has 0 aliphatic rings. The van der Waals surface area contributed by atoms with E-state index in [1.165, 1.54) is 12.8 Å². The summed E-state index contributed by atoms with van der Waals surface area (Å²) in [5, 5.41) is 4.65. The molecule has 4 heteroatoms. The largest absolute Gasteiger partial charge is 0.381 e. The Kier molecular flexibility index (Phi) is 6.68. The van der Waals surface area contributed by atoms with Gasteiger partial charge in [-0.15, -0.1) is 0 Å². The third-order valence-corrected chi connectivity index (χ3v) is 4.44. The normalized spacial score (nSPS) is 10.9. The van der Waals surface area contributed by atoms with Gasteiger partial charge in [0, 0.05) is 10.5 Å². The molecule has 0 radical (unpaired) electrons. The second kappa shape index (κ2) is 7.50. The summed E-state index contributed by atoms with van der Waals surface area (Å²) < 4.78 is 0.831. The molecule has 0 aromatic heterocycles. The number of nitrogens with one attached hydrogen (secondary N) is 1. The van der Waals surface area contributed by atoms with Gasteiger partial charge in [-0.25, -0.2) is 0 Å². The summed E-state index contributed by atoms with van der Waals surface area (Å²) in [6.07, 6.45) is 4.63. The SMILES string of the molecule is CCCC(CCC)Nc1ccc(Br)c(Cl)c1Cl. The molecule has 0 saturated carbocycles. The monoisotopic (exact) mass is 337 g/mol. The van der Waals surface area contributed by atoms with E-state index < -0.39 is 0 Å². The van der Waals surface area contributed by atoms with Crippen LogP contribution in [0.15, 0.2) is 16.6 Å². The zero-order valence-corrected chi connectivity index (χ0v) is 13.3. The Hall–Kier alpha value is 0.0800. The highest BCUT2D eigenvalue weighted by Crippen LogP contribution is 2.36. The summed E-state index contributed by atoms with van der Waals surface area (Å²) in [4.78, 5) is 0. The lowest BCUT2D eigenvalue weighted by atomic mass is 10.1. The highest BCUT2D eigenvalue weighted by molar-refractivity contribution is 9.10. The van der Waals surface area contributed by atoms with Crippen molar-refractivity contribution in [1.29, 1.82) is 0 Å². The van der Waals surface area contributed by atoms with Crippen molar-refractivity contribution >= 4 is 44.8 Å². The molecule has 0 amide bonds. The van der Waals surface area contributed by atoms with Gasteiger partial charge in [-0.2, -0.15) is 0 Å². The molecular formula is C13H18BrCl2N. The Bertz CT molecular complexity index is 363. The van der Waals surface area contributed by atoms with Gasteiger partial charge in [-0.1, -0.05) is 49.9 Å². The van der Waals surface area contributed by atoms with E-state index in [9.17, 15) is 0 Å². The van der Waals surface area contributed by atoms with E-state index in [4.69, 9.17) is 23.2 Å². The van der Waals surface area contributed by atoms with E-state index in [-0.39, 0.29) is 0 Å². The molecule has 0 aliphatic heterocycles. The molecule has 0 fully saturated rings. The lowest BCUT2D eigenvalue weighted by molar-refractivity contribution is 0.586. The van der Waals surface area contributed by atoms with Gasteiger partial charge < -0.3 is 5.32 Å². The van der Waals surface area contributed by atoms with E-state index in [2.05, 4.69) is 35.1 Å². The minimum Gasteiger partial charge on any atom is -0.381 e. The number of halogens is 3. The highest BCUT2D eigenvalue weighted by atomic mass is 79.9. The van der Waals surface area contributed by atoms with Crippen molar-refractivity contribution in [3.63, 3.8) is 0 Å². The standard InChI is InChI=1S/C13H18BrCl2N/c1-3-5-9(6-4-2)17-11-8-7-10(14)12(15)13(11)16/h7-9,17H,3-6H2,1-2H3. The maximum absolute atomic E-state index is 6.22. The van der Waals surface area contributed by atoms with Crippen LogP contribution in [0.3, 0.4) is 0 Å². The first kappa shape index (κ1) is 15.1. The van der Waals surface area contributed by atoms with Gasteiger partial charge in [0.05, 0.1) is 15.7 Å². The van der Waals surface area contributed by atoms with Crippen LogP contribution < -0.4 is 5.32 Å². The molecule has 1 rings (SSSR count). The molecular weight excluding hydrogens is 321 g/mol. The smallest absolute Gasteiger partial charge is 0.0835 e. The fraction of sp³-hybridized carbons (Fsp3) is 0.538. The van der Waals surface area contributed by atoms with Gasteiger partial charge in [-0.3, -0.25) is 0 Å². The number of rotatable bonds is 6. The lowest BCUT2D eigenvalue weighted by Crippen LogP contribution is -2.19. The number of hydrogen-bond donors (Lipinski definition) is 1. The van der Waals surface area contributed by atoms with Crippen molar-refractivity contribution < 1.29 is 0 Å². The summed E-state index contributed by atoms with van der Waals surface area (Å²) in [7, 11) is 0. The molecule has 1 aromatic carbocycles. The molecule has 1 N–H and O–H groups in total. The molecule has 0 aliphatic carbocycles. The minimum atomic E-state index is 0.472. The number of benzene rings is 1. The maximum Gasteiger partial charge on any atom is 0.0835 e. The molecule has 0 unspecified atom stereocenters. The predicted octanol–water partition coefficient (Wildman–Crippen LogP) is 6.14. The molecule has 0 spiro atoms. The van der Waals surface area contributed by atoms with Gasteiger partial charge in [0.2, 0.25) is 0 Å². The first-order valence-corrected chi connectivity index (χ1v) is 7.55. The Labute approximate surface area is 122 Å². The summed E-state index contributed by atoms with van der Waals surface area (Å²) >= 11 is 15.7. The van der Waals surface area contributed by atoms with Crippen LogP contribution in [0.25, 0.3) is 0 Å². The van der Waals surface area contributed by atoms with Crippen LogP contribution in [0, 0.1) is 0 Å². The van der Waals surface area contributed by atoms with Crippen molar-refractivity contribution in [2.75, 3.05) is 5.32 Å². The van der Waals surface area contributed by atoms with Crippen LogP contribution in [-0.4, -0.2) is 6.04 Å². The maximum atomic E-state index is 6.22. The van der Waals surface area contributed by atoms with Gasteiger partial charge in [0.15, 0.2) is 0 Å². The van der Waals surface area contributed by atoms with Gasteiger partial charge in [-0.05, 0) is 40.9 Å². The van der Waals surface area contributed by atoms with Crippen LogP contribution >= 0.6 is 39.1 Å². The fourth-order valence-corrected chi connectivity index (χ4v) is 2.67. The molecule has 0 heterocycles. The van der Waals surface area contributed by atoms with E-state index in [1.54, 1.807) is 0 Å².